The SMILES string of the molecule is COc1cc2ncnc(Nc3ccc4scnc4c3)c2cc1S(=O)(=O)N1CCCC1. The molecule has 30 heavy (non-hydrogen) atoms. The predicted molar refractivity (Wildman–Crippen MR) is 117 cm³/mol. The van der Waals surface area contributed by atoms with E-state index in [1.54, 1.807) is 29.0 Å². The third-order valence-electron chi connectivity index (χ3n) is 5.20. The standard InChI is InChI=1S/C20H19N5O3S2/c1-28-17-10-15-14(9-19(17)30(26,27)25-6-2-3-7-25)20(22-11-21-15)24-13-4-5-18-16(8-13)23-12-29-18/h4-5,8-12H,2-3,6-7H2,1H3,(H,21,22,24). The third-order valence-corrected chi connectivity index (χ3v) is 7.93. The van der Waals surface area contributed by atoms with Crippen molar-refractivity contribution < 1.29 is 13.2 Å². The molecule has 1 N–H and O–H groups in total. The summed E-state index contributed by atoms with van der Waals surface area (Å²) in [5, 5.41) is 3.88. The van der Waals surface area contributed by atoms with E-state index in [1.165, 1.54) is 17.7 Å². The number of nitrogens with zero attached hydrogens (tertiary/aromatic N) is 4. The van der Waals surface area contributed by atoms with Crippen LogP contribution in [0.3, 0.4) is 0 Å². The summed E-state index contributed by atoms with van der Waals surface area (Å²) < 4.78 is 34.4. The predicted octanol–water partition coefficient (Wildman–Crippen LogP) is 3.78. The normalized spacial score (nSPS) is 15.1. The van der Waals surface area contributed by atoms with E-state index in [1.807, 2.05) is 18.2 Å². The molecule has 0 aliphatic carbocycles. The number of benzene rings is 2. The summed E-state index contributed by atoms with van der Waals surface area (Å²) in [5.41, 5.74) is 4.10. The highest BCUT2D eigenvalue weighted by Gasteiger charge is 2.30. The molecular weight excluding hydrogens is 422 g/mol. The molecule has 0 amide bonds. The number of sulfonamides is 1. The zero-order valence-corrected chi connectivity index (χ0v) is 17.8. The number of aromatic nitrogens is 3. The molecule has 0 saturated carbocycles. The van der Waals surface area contributed by atoms with Gasteiger partial charge in [0.05, 0.1) is 28.4 Å². The van der Waals surface area contributed by atoms with Crippen molar-refractivity contribution in [3.8, 4) is 5.75 Å². The van der Waals surface area contributed by atoms with E-state index in [9.17, 15) is 8.42 Å². The molecule has 0 spiro atoms. The molecule has 2 aromatic heterocycles. The second kappa shape index (κ2) is 7.46. The number of hydrogen-bond donors (Lipinski definition) is 1. The van der Waals surface area contributed by atoms with Crippen LogP contribution < -0.4 is 10.1 Å². The number of methoxy groups -OCH3 is 1. The maximum Gasteiger partial charge on any atom is 0.246 e. The summed E-state index contributed by atoms with van der Waals surface area (Å²) in [7, 11) is -2.20. The zero-order valence-electron chi connectivity index (χ0n) is 16.2. The quantitative estimate of drug-likeness (QED) is 0.503. The molecule has 1 aliphatic heterocycles. The van der Waals surface area contributed by atoms with Gasteiger partial charge in [-0.25, -0.2) is 23.4 Å². The van der Waals surface area contributed by atoms with E-state index < -0.39 is 10.0 Å². The highest BCUT2D eigenvalue weighted by Crippen LogP contribution is 2.35. The van der Waals surface area contributed by atoms with Crippen molar-refractivity contribution in [1.82, 2.24) is 19.3 Å². The van der Waals surface area contributed by atoms with Crippen LogP contribution in [0.2, 0.25) is 0 Å². The summed E-state index contributed by atoms with van der Waals surface area (Å²) in [6.45, 7) is 1.04. The zero-order chi connectivity index (χ0) is 20.7. The minimum absolute atomic E-state index is 0.132. The number of thiazole rings is 1. The van der Waals surface area contributed by atoms with E-state index in [-0.39, 0.29) is 10.6 Å². The molecule has 0 unspecified atom stereocenters. The number of rotatable bonds is 5. The van der Waals surface area contributed by atoms with Gasteiger partial charge >= 0.3 is 0 Å². The van der Waals surface area contributed by atoms with Crippen molar-refractivity contribution in [2.45, 2.75) is 17.7 Å². The summed E-state index contributed by atoms with van der Waals surface area (Å²) in [6, 6.07) is 9.12. The first-order chi connectivity index (χ1) is 14.6. The first-order valence-electron chi connectivity index (χ1n) is 9.49. The maximum absolute atomic E-state index is 13.2. The van der Waals surface area contributed by atoms with Crippen LogP contribution in [0.1, 0.15) is 12.8 Å². The molecule has 1 aliphatic rings. The second-order valence-corrected chi connectivity index (χ2v) is 9.81. The van der Waals surface area contributed by atoms with Gasteiger partial charge in [0.15, 0.2) is 0 Å². The molecule has 2 aromatic carbocycles. The molecular formula is C20H19N5O3S2. The van der Waals surface area contributed by atoms with Gasteiger partial charge in [-0.3, -0.25) is 0 Å². The molecule has 4 aromatic rings. The first-order valence-corrected chi connectivity index (χ1v) is 11.8. The van der Waals surface area contributed by atoms with Gasteiger partial charge in [0.25, 0.3) is 0 Å². The smallest absolute Gasteiger partial charge is 0.246 e. The van der Waals surface area contributed by atoms with Gasteiger partial charge in [-0.2, -0.15) is 4.31 Å². The largest absolute Gasteiger partial charge is 0.495 e. The minimum atomic E-state index is -3.67. The van der Waals surface area contributed by atoms with Gasteiger partial charge in [0.2, 0.25) is 10.0 Å². The van der Waals surface area contributed by atoms with Gasteiger partial charge in [-0.1, -0.05) is 0 Å². The van der Waals surface area contributed by atoms with Crippen LogP contribution in [0.5, 0.6) is 5.75 Å². The monoisotopic (exact) mass is 441 g/mol. The van der Waals surface area contributed by atoms with Gasteiger partial charge in [0, 0.05) is 30.2 Å². The Hall–Kier alpha value is -2.82. The van der Waals surface area contributed by atoms with Gasteiger partial charge in [0.1, 0.15) is 22.8 Å². The summed E-state index contributed by atoms with van der Waals surface area (Å²) >= 11 is 1.58. The van der Waals surface area contributed by atoms with Crippen LogP contribution in [0.4, 0.5) is 11.5 Å². The fraction of sp³-hybridized carbons (Fsp3) is 0.250. The lowest BCUT2D eigenvalue weighted by Crippen LogP contribution is -2.28. The van der Waals surface area contributed by atoms with Crippen LogP contribution >= 0.6 is 11.3 Å². The molecule has 10 heteroatoms. The Balaban J connectivity index is 1.62. The average molecular weight is 442 g/mol. The molecule has 0 atom stereocenters. The molecule has 5 rings (SSSR count). The fourth-order valence-corrected chi connectivity index (χ4v) is 6.00. The highest BCUT2D eigenvalue weighted by molar-refractivity contribution is 7.89. The molecule has 8 nitrogen and oxygen atoms in total. The highest BCUT2D eigenvalue weighted by atomic mass is 32.2. The van der Waals surface area contributed by atoms with Crippen molar-refractivity contribution in [2.75, 3.05) is 25.5 Å². The third kappa shape index (κ3) is 3.26. The van der Waals surface area contributed by atoms with E-state index >= 15 is 0 Å². The lowest BCUT2D eigenvalue weighted by molar-refractivity contribution is 0.399. The number of ether oxygens (including phenoxy) is 1. The molecule has 1 fully saturated rings. The molecule has 0 radical (unpaired) electrons. The van der Waals surface area contributed by atoms with E-state index in [4.69, 9.17) is 4.74 Å². The Morgan fingerprint density at radius 1 is 1.07 bits per heavy atom. The van der Waals surface area contributed by atoms with Crippen LogP contribution in [-0.4, -0.2) is 47.9 Å². The lowest BCUT2D eigenvalue weighted by Gasteiger charge is -2.18. The minimum Gasteiger partial charge on any atom is -0.495 e. The fourth-order valence-electron chi connectivity index (χ4n) is 3.66. The average Bonchev–Trinajstić information content (AvgIpc) is 3.45. The molecule has 3 heterocycles. The maximum atomic E-state index is 13.2. The topological polar surface area (TPSA) is 97.3 Å². The van der Waals surface area contributed by atoms with Crippen molar-refractivity contribution in [1.29, 1.82) is 0 Å². The number of fused-ring (bicyclic) bond motifs is 2. The van der Waals surface area contributed by atoms with Crippen LogP contribution in [-0.2, 0) is 10.0 Å². The van der Waals surface area contributed by atoms with Crippen molar-refractivity contribution >= 4 is 54.0 Å². The molecule has 0 bridgehead atoms. The molecule has 1 saturated heterocycles. The summed E-state index contributed by atoms with van der Waals surface area (Å²) in [6.07, 6.45) is 3.18. The van der Waals surface area contributed by atoms with Crippen molar-refractivity contribution in [3.05, 3.63) is 42.2 Å². The Labute approximate surface area is 177 Å². The van der Waals surface area contributed by atoms with Crippen molar-refractivity contribution in [2.24, 2.45) is 0 Å². The number of anilines is 2. The van der Waals surface area contributed by atoms with E-state index in [0.29, 0.717) is 29.8 Å². The van der Waals surface area contributed by atoms with Gasteiger partial charge in [-0.15, -0.1) is 11.3 Å². The van der Waals surface area contributed by atoms with Crippen LogP contribution in [0.25, 0.3) is 21.1 Å². The van der Waals surface area contributed by atoms with E-state index in [2.05, 4.69) is 20.3 Å². The Bertz CT molecular complexity index is 1350. The van der Waals surface area contributed by atoms with Gasteiger partial charge < -0.3 is 10.1 Å². The Kier molecular flexibility index (Phi) is 4.76. The van der Waals surface area contributed by atoms with Gasteiger partial charge in [-0.05, 0) is 37.1 Å². The van der Waals surface area contributed by atoms with Crippen LogP contribution in [0.15, 0.2) is 47.1 Å². The Morgan fingerprint density at radius 3 is 2.70 bits per heavy atom. The summed E-state index contributed by atoms with van der Waals surface area (Å²) in [5.74, 6) is 0.804. The Morgan fingerprint density at radius 2 is 1.90 bits per heavy atom. The van der Waals surface area contributed by atoms with E-state index in [0.717, 1.165) is 28.7 Å². The number of hydrogen-bond acceptors (Lipinski definition) is 8. The van der Waals surface area contributed by atoms with Crippen molar-refractivity contribution in [3.63, 3.8) is 0 Å². The molecule has 154 valence electrons. The van der Waals surface area contributed by atoms with Crippen LogP contribution in [0, 0.1) is 0 Å². The second-order valence-electron chi connectivity index (χ2n) is 7.01. The first kappa shape index (κ1) is 19.2. The summed E-state index contributed by atoms with van der Waals surface area (Å²) in [4.78, 5) is 13.1. The lowest BCUT2D eigenvalue weighted by atomic mass is 10.2. The number of nitrogens with one attached hydrogen (secondary N) is 1.